The SMILES string of the molecule is COCCN(Cc1cncc(Br)c1)CC(C)C. The van der Waals surface area contributed by atoms with Crippen molar-refractivity contribution in [2.45, 2.75) is 20.4 Å². The average Bonchev–Trinajstić information content (AvgIpc) is 2.25. The zero-order valence-corrected chi connectivity index (χ0v) is 12.4. The van der Waals surface area contributed by atoms with E-state index in [1.807, 2.05) is 12.4 Å². The van der Waals surface area contributed by atoms with Crippen LogP contribution in [0.2, 0.25) is 0 Å². The molecule has 17 heavy (non-hydrogen) atoms. The Morgan fingerprint density at radius 2 is 2.18 bits per heavy atom. The number of aromatic nitrogens is 1. The van der Waals surface area contributed by atoms with E-state index in [2.05, 4.69) is 45.7 Å². The van der Waals surface area contributed by atoms with Crippen molar-refractivity contribution in [1.29, 1.82) is 0 Å². The lowest BCUT2D eigenvalue weighted by atomic mass is 10.2. The molecule has 0 N–H and O–H groups in total. The van der Waals surface area contributed by atoms with Crippen molar-refractivity contribution < 1.29 is 4.74 Å². The minimum Gasteiger partial charge on any atom is -0.383 e. The van der Waals surface area contributed by atoms with Gasteiger partial charge in [0.15, 0.2) is 0 Å². The maximum Gasteiger partial charge on any atom is 0.0589 e. The Bertz CT molecular complexity index is 331. The number of pyridine rings is 1. The third-order valence-corrected chi connectivity index (χ3v) is 2.84. The topological polar surface area (TPSA) is 25.4 Å². The van der Waals surface area contributed by atoms with E-state index in [1.165, 1.54) is 5.56 Å². The zero-order valence-electron chi connectivity index (χ0n) is 10.8. The van der Waals surface area contributed by atoms with Gasteiger partial charge in [-0.25, -0.2) is 0 Å². The molecule has 0 aromatic carbocycles. The summed E-state index contributed by atoms with van der Waals surface area (Å²) in [6, 6.07) is 2.12. The molecule has 0 saturated carbocycles. The molecule has 96 valence electrons. The summed E-state index contributed by atoms with van der Waals surface area (Å²) < 4.78 is 6.18. The van der Waals surface area contributed by atoms with E-state index in [-0.39, 0.29) is 0 Å². The average molecular weight is 301 g/mol. The fourth-order valence-corrected chi connectivity index (χ4v) is 2.18. The highest BCUT2D eigenvalue weighted by atomic mass is 79.9. The maximum absolute atomic E-state index is 5.15. The minimum absolute atomic E-state index is 0.659. The van der Waals surface area contributed by atoms with Gasteiger partial charge in [0.05, 0.1) is 6.61 Å². The molecule has 1 aromatic rings. The fourth-order valence-electron chi connectivity index (χ4n) is 1.77. The predicted octanol–water partition coefficient (Wildman–Crippen LogP) is 2.95. The largest absolute Gasteiger partial charge is 0.383 e. The molecule has 0 spiro atoms. The predicted molar refractivity (Wildman–Crippen MR) is 73.9 cm³/mol. The van der Waals surface area contributed by atoms with Crippen LogP contribution < -0.4 is 0 Å². The summed E-state index contributed by atoms with van der Waals surface area (Å²) >= 11 is 3.45. The first-order valence-electron chi connectivity index (χ1n) is 5.92. The Hall–Kier alpha value is -0.450. The van der Waals surface area contributed by atoms with Gasteiger partial charge in [-0.2, -0.15) is 0 Å². The van der Waals surface area contributed by atoms with Crippen molar-refractivity contribution in [3.05, 3.63) is 28.5 Å². The molecule has 0 bridgehead atoms. The van der Waals surface area contributed by atoms with E-state index in [4.69, 9.17) is 4.74 Å². The van der Waals surface area contributed by atoms with Gasteiger partial charge in [-0.15, -0.1) is 0 Å². The summed E-state index contributed by atoms with van der Waals surface area (Å²) in [5.74, 6) is 0.659. The van der Waals surface area contributed by atoms with Crippen molar-refractivity contribution in [2.24, 2.45) is 5.92 Å². The van der Waals surface area contributed by atoms with Crippen LogP contribution in [0.4, 0.5) is 0 Å². The lowest BCUT2D eigenvalue weighted by Gasteiger charge is -2.23. The molecule has 4 heteroatoms. The first kappa shape index (κ1) is 14.6. The van der Waals surface area contributed by atoms with E-state index in [0.29, 0.717) is 5.92 Å². The number of rotatable bonds is 7. The van der Waals surface area contributed by atoms with E-state index >= 15 is 0 Å². The molecule has 1 aromatic heterocycles. The van der Waals surface area contributed by atoms with Crippen LogP contribution in [0.25, 0.3) is 0 Å². The van der Waals surface area contributed by atoms with Crippen LogP contribution in [-0.4, -0.2) is 36.7 Å². The van der Waals surface area contributed by atoms with E-state index < -0.39 is 0 Å². The number of halogens is 1. The van der Waals surface area contributed by atoms with Crippen molar-refractivity contribution in [3.63, 3.8) is 0 Å². The molecule has 0 radical (unpaired) electrons. The molecule has 1 rings (SSSR count). The van der Waals surface area contributed by atoms with Gasteiger partial charge in [0.1, 0.15) is 0 Å². The van der Waals surface area contributed by atoms with Crippen LogP contribution in [0.5, 0.6) is 0 Å². The Morgan fingerprint density at radius 1 is 1.41 bits per heavy atom. The smallest absolute Gasteiger partial charge is 0.0589 e. The number of nitrogens with zero attached hydrogens (tertiary/aromatic N) is 2. The van der Waals surface area contributed by atoms with Crippen molar-refractivity contribution in [3.8, 4) is 0 Å². The molecule has 0 unspecified atom stereocenters. The van der Waals surface area contributed by atoms with E-state index in [1.54, 1.807) is 7.11 Å². The lowest BCUT2D eigenvalue weighted by Crippen LogP contribution is -2.30. The lowest BCUT2D eigenvalue weighted by molar-refractivity contribution is 0.136. The molecule has 0 amide bonds. The van der Waals surface area contributed by atoms with Crippen molar-refractivity contribution in [2.75, 3.05) is 26.8 Å². The second kappa shape index (κ2) is 7.80. The second-order valence-corrected chi connectivity index (χ2v) is 5.55. The molecule has 0 saturated heterocycles. The Balaban J connectivity index is 2.58. The number of methoxy groups -OCH3 is 1. The van der Waals surface area contributed by atoms with E-state index in [0.717, 1.165) is 30.7 Å². The Kier molecular flexibility index (Phi) is 6.70. The van der Waals surface area contributed by atoms with Crippen LogP contribution in [-0.2, 0) is 11.3 Å². The quantitative estimate of drug-likeness (QED) is 0.774. The summed E-state index contributed by atoms with van der Waals surface area (Å²) in [5.41, 5.74) is 1.23. The van der Waals surface area contributed by atoms with Gasteiger partial charge in [-0.05, 0) is 33.5 Å². The van der Waals surface area contributed by atoms with Crippen LogP contribution in [0.1, 0.15) is 19.4 Å². The standard InChI is InChI=1S/C13H21BrN2O/c1-11(2)9-16(4-5-17-3)10-12-6-13(14)8-15-7-12/h6-8,11H,4-5,9-10H2,1-3H3. The summed E-state index contributed by atoms with van der Waals surface area (Å²) in [7, 11) is 1.74. The van der Waals surface area contributed by atoms with Crippen LogP contribution in [0.3, 0.4) is 0 Å². The van der Waals surface area contributed by atoms with Gasteiger partial charge < -0.3 is 4.74 Å². The van der Waals surface area contributed by atoms with Gasteiger partial charge in [-0.1, -0.05) is 13.8 Å². The van der Waals surface area contributed by atoms with E-state index in [9.17, 15) is 0 Å². The maximum atomic E-state index is 5.15. The monoisotopic (exact) mass is 300 g/mol. The number of hydrogen-bond acceptors (Lipinski definition) is 3. The highest BCUT2D eigenvalue weighted by Crippen LogP contribution is 2.12. The molecule has 0 fully saturated rings. The minimum atomic E-state index is 0.659. The number of ether oxygens (including phenoxy) is 1. The molecule has 3 nitrogen and oxygen atoms in total. The normalized spacial score (nSPS) is 11.4. The van der Waals surface area contributed by atoms with Crippen molar-refractivity contribution >= 4 is 15.9 Å². The van der Waals surface area contributed by atoms with Crippen molar-refractivity contribution in [1.82, 2.24) is 9.88 Å². The van der Waals surface area contributed by atoms with Gasteiger partial charge in [0.2, 0.25) is 0 Å². The van der Waals surface area contributed by atoms with Gasteiger partial charge in [0, 0.05) is 43.6 Å². The molecule has 0 atom stereocenters. The molecule has 0 aliphatic carbocycles. The highest BCUT2D eigenvalue weighted by Gasteiger charge is 2.08. The third kappa shape index (κ3) is 6.15. The first-order chi connectivity index (χ1) is 8.11. The summed E-state index contributed by atoms with van der Waals surface area (Å²) in [6.07, 6.45) is 3.73. The zero-order chi connectivity index (χ0) is 12.7. The molecular formula is C13H21BrN2O. The summed E-state index contributed by atoms with van der Waals surface area (Å²) in [5, 5.41) is 0. The highest BCUT2D eigenvalue weighted by molar-refractivity contribution is 9.10. The molecular weight excluding hydrogens is 280 g/mol. The Labute approximate surface area is 112 Å². The van der Waals surface area contributed by atoms with Gasteiger partial charge in [-0.3, -0.25) is 9.88 Å². The van der Waals surface area contributed by atoms with Crippen LogP contribution >= 0.6 is 15.9 Å². The summed E-state index contributed by atoms with van der Waals surface area (Å²) in [6.45, 7) is 8.21. The summed E-state index contributed by atoms with van der Waals surface area (Å²) in [4.78, 5) is 6.59. The molecule has 0 aliphatic rings. The van der Waals surface area contributed by atoms with Gasteiger partial charge >= 0.3 is 0 Å². The van der Waals surface area contributed by atoms with Crippen LogP contribution in [0.15, 0.2) is 22.9 Å². The molecule has 1 heterocycles. The number of hydrogen-bond donors (Lipinski definition) is 0. The third-order valence-electron chi connectivity index (χ3n) is 2.40. The van der Waals surface area contributed by atoms with Gasteiger partial charge in [0.25, 0.3) is 0 Å². The molecule has 0 aliphatic heterocycles. The van der Waals surface area contributed by atoms with Crippen LogP contribution in [0, 0.1) is 5.92 Å². The fraction of sp³-hybridized carbons (Fsp3) is 0.615. The second-order valence-electron chi connectivity index (χ2n) is 4.63. The first-order valence-corrected chi connectivity index (χ1v) is 6.72. The Morgan fingerprint density at radius 3 is 2.76 bits per heavy atom.